The molecule has 0 aromatic rings. The van der Waals surface area contributed by atoms with Crippen molar-refractivity contribution in [1.29, 1.82) is 0 Å². The van der Waals surface area contributed by atoms with Gasteiger partial charge in [-0.05, 0) is 12.8 Å². The monoisotopic (exact) mass is 155 g/mol. The Bertz CT molecular complexity index is 163. The summed E-state index contributed by atoms with van der Waals surface area (Å²) in [5.74, 6) is -0.751. The number of carboxylic acid groups (broad SMARTS) is 1. The van der Waals surface area contributed by atoms with E-state index < -0.39 is 5.97 Å². The summed E-state index contributed by atoms with van der Waals surface area (Å²) in [4.78, 5) is 12.3. The fraction of sp³-hybridized carbons (Fsp3) is 0.625. The fourth-order valence-corrected chi connectivity index (χ4v) is 1.12. The summed E-state index contributed by atoms with van der Waals surface area (Å²) in [5.41, 5.74) is 0. The summed E-state index contributed by atoms with van der Waals surface area (Å²) in [7, 11) is 0. The molecule has 0 radical (unpaired) electrons. The Morgan fingerprint density at radius 1 is 1.73 bits per heavy atom. The molecule has 0 spiro atoms. The van der Waals surface area contributed by atoms with Gasteiger partial charge >= 0.3 is 5.97 Å². The van der Waals surface area contributed by atoms with E-state index in [1.807, 2.05) is 4.90 Å². The molecule has 0 amide bonds. The third kappa shape index (κ3) is 2.72. The van der Waals surface area contributed by atoms with Crippen molar-refractivity contribution >= 4 is 5.97 Å². The SMILES string of the molecule is C=CCN(CC(=O)O)C1CC1. The predicted molar refractivity (Wildman–Crippen MR) is 42.4 cm³/mol. The van der Waals surface area contributed by atoms with E-state index in [9.17, 15) is 4.79 Å². The molecule has 0 aliphatic heterocycles. The van der Waals surface area contributed by atoms with E-state index in [0.29, 0.717) is 12.6 Å². The van der Waals surface area contributed by atoms with Crippen LogP contribution in [-0.4, -0.2) is 35.1 Å². The first-order chi connectivity index (χ1) is 5.24. The zero-order valence-corrected chi connectivity index (χ0v) is 6.49. The lowest BCUT2D eigenvalue weighted by atomic mass is 10.4. The van der Waals surface area contributed by atoms with Crippen LogP contribution in [0.25, 0.3) is 0 Å². The summed E-state index contributed by atoms with van der Waals surface area (Å²) in [6, 6.07) is 0.504. The van der Waals surface area contributed by atoms with E-state index in [0.717, 1.165) is 12.8 Å². The van der Waals surface area contributed by atoms with Gasteiger partial charge in [-0.25, -0.2) is 0 Å². The Kier molecular flexibility index (Phi) is 2.65. The average Bonchev–Trinajstić information content (AvgIpc) is 2.66. The lowest BCUT2D eigenvalue weighted by Gasteiger charge is -2.16. The van der Waals surface area contributed by atoms with Gasteiger partial charge in [-0.2, -0.15) is 0 Å². The number of carbonyl (C=O) groups is 1. The van der Waals surface area contributed by atoms with E-state index in [2.05, 4.69) is 6.58 Å². The molecule has 1 fully saturated rings. The summed E-state index contributed by atoms with van der Waals surface area (Å²) in [6.45, 7) is 4.42. The van der Waals surface area contributed by atoms with Crippen molar-refractivity contribution in [2.24, 2.45) is 0 Å². The summed E-state index contributed by atoms with van der Waals surface area (Å²) in [5, 5.41) is 8.51. The van der Waals surface area contributed by atoms with Gasteiger partial charge in [-0.15, -0.1) is 6.58 Å². The molecule has 11 heavy (non-hydrogen) atoms. The highest BCUT2D eigenvalue weighted by molar-refractivity contribution is 5.69. The van der Waals surface area contributed by atoms with E-state index in [1.54, 1.807) is 6.08 Å². The molecule has 0 heterocycles. The second kappa shape index (κ2) is 3.53. The maximum absolute atomic E-state index is 10.3. The Labute approximate surface area is 66.3 Å². The molecular weight excluding hydrogens is 142 g/mol. The van der Waals surface area contributed by atoms with Gasteiger partial charge in [0, 0.05) is 12.6 Å². The minimum atomic E-state index is -0.751. The van der Waals surface area contributed by atoms with Crippen LogP contribution in [0.5, 0.6) is 0 Å². The zero-order valence-electron chi connectivity index (χ0n) is 6.49. The van der Waals surface area contributed by atoms with E-state index in [1.165, 1.54) is 0 Å². The van der Waals surface area contributed by atoms with Gasteiger partial charge < -0.3 is 5.11 Å². The van der Waals surface area contributed by atoms with Gasteiger partial charge in [-0.3, -0.25) is 9.69 Å². The van der Waals surface area contributed by atoms with Crippen molar-refractivity contribution in [3.63, 3.8) is 0 Å². The molecule has 1 rings (SSSR count). The van der Waals surface area contributed by atoms with Crippen LogP contribution in [0.2, 0.25) is 0 Å². The second-order valence-electron chi connectivity index (χ2n) is 2.84. The van der Waals surface area contributed by atoms with Gasteiger partial charge in [0.05, 0.1) is 6.54 Å². The highest BCUT2D eigenvalue weighted by atomic mass is 16.4. The van der Waals surface area contributed by atoms with Crippen molar-refractivity contribution in [3.05, 3.63) is 12.7 Å². The van der Waals surface area contributed by atoms with Gasteiger partial charge in [0.15, 0.2) is 0 Å². The molecule has 3 heteroatoms. The van der Waals surface area contributed by atoms with Crippen LogP contribution in [0.1, 0.15) is 12.8 Å². The Morgan fingerprint density at radius 2 is 2.36 bits per heavy atom. The number of nitrogens with zero attached hydrogens (tertiary/aromatic N) is 1. The Morgan fingerprint density at radius 3 is 2.73 bits per heavy atom. The highest BCUT2D eigenvalue weighted by Crippen LogP contribution is 2.26. The van der Waals surface area contributed by atoms with E-state index in [4.69, 9.17) is 5.11 Å². The van der Waals surface area contributed by atoms with Gasteiger partial charge in [0.2, 0.25) is 0 Å². The topological polar surface area (TPSA) is 40.5 Å². The van der Waals surface area contributed by atoms with Crippen LogP contribution in [-0.2, 0) is 4.79 Å². The van der Waals surface area contributed by atoms with Crippen molar-refractivity contribution in [3.8, 4) is 0 Å². The maximum atomic E-state index is 10.3. The first kappa shape index (κ1) is 8.27. The Balaban J connectivity index is 2.31. The van der Waals surface area contributed by atoms with Gasteiger partial charge in [-0.1, -0.05) is 6.08 Å². The van der Waals surface area contributed by atoms with Crippen LogP contribution < -0.4 is 0 Å². The number of aliphatic carboxylic acids is 1. The van der Waals surface area contributed by atoms with E-state index >= 15 is 0 Å². The molecule has 0 unspecified atom stereocenters. The number of carboxylic acids is 1. The molecule has 1 aliphatic carbocycles. The molecule has 0 saturated heterocycles. The molecule has 62 valence electrons. The lowest BCUT2D eigenvalue weighted by Crippen LogP contribution is -2.31. The zero-order chi connectivity index (χ0) is 8.27. The molecule has 1 saturated carbocycles. The van der Waals surface area contributed by atoms with Crippen LogP contribution in [0, 0.1) is 0 Å². The largest absolute Gasteiger partial charge is 0.480 e. The maximum Gasteiger partial charge on any atom is 0.317 e. The van der Waals surface area contributed by atoms with Crippen LogP contribution in [0.3, 0.4) is 0 Å². The van der Waals surface area contributed by atoms with Crippen molar-refractivity contribution in [2.45, 2.75) is 18.9 Å². The summed E-state index contributed by atoms with van der Waals surface area (Å²) >= 11 is 0. The predicted octanol–water partition coefficient (Wildman–Crippen LogP) is 0.721. The Hall–Kier alpha value is -0.830. The quantitative estimate of drug-likeness (QED) is 0.595. The first-order valence-corrected chi connectivity index (χ1v) is 3.80. The minimum Gasteiger partial charge on any atom is -0.480 e. The number of hydrogen-bond donors (Lipinski definition) is 1. The summed E-state index contributed by atoms with van der Waals surface area (Å²) < 4.78 is 0. The van der Waals surface area contributed by atoms with Crippen LogP contribution in [0.4, 0.5) is 0 Å². The fourth-order valence-electron chi connectivity index (χ4n) is 1.12. The third-order valence-corrected chi connectivity index (χ3v) is 1.77. The van der Waals surface area contributed by atoms with Crippen LogP contribution >= 0.6 is 0 Å². The first-order valence-electron chi connectivity index (χ1n) is 3.80. The normalized spacial score (nSPS) is 16.8. The van der Waals surface area contributed by atoms with Gasteiger partial charge in [0.25, 0.3) is 0 Å². The lowest BCUT2D eigenvalue weighted by molar-refractivity contribution is -0.138. The average molecular weight is 155 g/mol. The minimum absolute atomic E-state index is 0.149. The smallest absolute Gasteiger partial charge is 0.317 e. The second-order valence-corrected chi connectivity index (χ2v) is 2.84. The molecule has 0 bridgehead atoms. The van der Waals surface area contributed by atoms with Gasteiger partial charge in [0.1, 0.15) is 0 Å². The van der Waals surface area contributed by atoms with Crippen molar-refractivity contribution < 1.29 is 9.90 Å². The number of rotatable bonds is 5. The highest BCUT2D eigenvalue weighted by Gasteiger charge is 2.28. The molecular formula is C8H13NO2. The number of hydrogen-bond acceptors (Lipinski definition) is 2. The van der Waals surface area contributed by atoms with Crippen LogP contribution in [0.15, 0.2) is 12.7 Å². The molecule has 3 nitrogen and oxygen atoms in total. The van der Waals surface area contributed by atoms with Crippen molar-refractivity contribution in [2.75, 3.05) is 13.1 Å². The third-order valence-electron chi connectivity index (χ3n) is 1.77. The molecule has 0 aromatic carbocycles. The molecule has 0 atom stereocenters. The summed E-state index contributed by atoms with van der Waals surface area (Å²) in [6.07, 6.45) is 4.03. The molecule has 1 aliphatic rings. The van der Waals surface area contributed by atoms with Crippen molar-refractivity contribution in [1.82, 2.24) is 4.90 Å². The van der Waals surface area contributed by atoms with E-state index in [-0.39, 0.29) is 6.54 Å². The molecule has 0 aromatic heterocycles. The molecule has 1 N–H and O–H groups in total. The standard InChI is InChI=1S/C8H13NO2/c1-2-5-9(6-8(10)11)7-3-4-7/h2,7H,1,3-6H2,(H,10,11).